The maximum atomic E-state index is 12.6. The molecule has 3 saturated carbocycles. The molecule has 0 heterocycles. The first-order valence-electron chi connectivity index (χ1n) is 14.9. The SMILES string of the molecule is COC(=O)[C@H](Cc1ccc(O)c([N+](=O)[O-])c1)NC(=O)CO/N=C1\C=C2CC[C@H]3[C@@H]4CC[C@@H](O)[C@@]4(C)CC[C@@H]3[C@@]2(C)CC1. The van der Waals surface area contributed by atoms with Gasteiger partial charge in [0.1, 0.15) is 6.04 Å². The number of amides is 1. The lowest BCUT2D eigenvalue weighted by molar-refractivity contribution is -0.385. The van der Waals surface area contributed by atoms with Crippen LogP contribution in [0.5, 0.6) is 5.75 Å². The topological polar surface area (TPSA) is 161 Å². The molecule has 11 heteroatoms. The van der Waals surface area contributed by atoms with Crippen LogP contribution < -0.4 is 5.32 Å². The average Bonchev–Trinajstić information content (AvgIpc) is 3.27. The Morgan fingerprint density at radius 3 is 2.69 bits per heavy atom. The Kier molecular flexibility index (Phi) is 8.33. The molecule has 1 aromatic rings. The average molecular weight is 584 g/mol. The van der Waals surface area contributed by atoms with Crippen molar-refractivity contribution in [2.45, 2.75) is 83.8 Å². The summed E-state index contributed by atoms with van der Waals surface area (Å²) >= 11 is 0. The van der Waals surface area contributed by atoms with Gasteiger partial charge in [0, 0.05) is 12.5 Å². The predicted molar refractivity (Wildman–Crippen MR) is 154 cm³/mol. The maximum absolute atomic E-state index is 12.6. The van der Waals surface area contributed by atoms with Crippen LogP contribution in [0.4, 0.5) is 5.69 Å². The quantitative estimate of drug-likeness (QED) is 0.233. The molecule has 0 aliphatic heterocycles. The number of aliphatic hydroxyl groups excluding tert-OH is 1. The van der Waals surface area contributed by atoms with Crippen LogP contribution >= 0.6 is 0 Å². The summed E-state index contributed by atoms with van der Waals surface area (Å²) in [4.78, 5) is 40.7. The largest absolute Gasteiger partial charge is 0.502 e. The van der Waals surface area contributed by atoms with Crippen LogP contribution in [0.25, 0.3) is 0 Å². The van der Waals surface area contributed by atoms with Crippen LogP contribution in [-0.2, 0) is 25.6 Å². The third-order valence-electron chi connectivity index (χ3n) is 10.8. The molecule has 0 radical (unpaired) electrons. The van der Waals surface area contributed by atoms with E-state index in [0.29, 0.717) is 23.3 Å². The number of ether oxygens (including phenoxy) is 1. The number of nitro benzene ring substituents is 1. The fourth-order valence-electron chi connectivity index (χ4n) is 8.44. The highest BCUT2D eigenvalue weighted by Gasteiger charge is 2.58. The molecule has 228 valence electrons. The second kappa shape index (κ2) is 11.7. The number of carbonyl (C=O) groups is 2. The third kappa shape index (κ3) is 5.50. The fraction of sp³-hybridized carbons (Fsp3) is 0.645. The highest BCUT2D eigenvalue weighted by molar-refractivity contribution is 5.96. The minimum Gasteiger partial charge on any atom is -0.502 e. The van der Waals surface area contributed by atoms with E-state index in [9.17, 15) is 29.9 Å². The number of hydrogen-bond donors (Lipinski definition) is 3. The van der Waals surface area contributed by atoms with Gasteiger partial charge in [-0.25, -0.2) is 4.79 Å². The molecule has 7 atom stereocenters. The van der Waals surface area contributed by atoms with E-state index in [1.54, 1.807) is 0 Å². The zero-order valence-electron chi connectivity index (χ0n) is 24.5. The first-order valence-corrected chi connectivity index (χ1v) is 14.9. The Labute approximate surface area is 245 Å². The molecular weight excluding hydrogens is 542 g/mol. The van der Waals surface area contributed by atoms with E-state index in [-0.39, 0.29) is 23.4 Å². The van der Waals surface area contributed by atoms with Crippen molar-refractivity contribution in [1.29, 1.82) is 0 Å². The van der Waals surface area contributed by atoms with Crippen molar-refractivity contribution in [2.24, 2.45) is 33.7 Å². The van der Waals surface area contributed by atoms with Gasteiger partial charge in [0.05, 0.1) is 23.8 Å². The number of fused-ring (bicyclic) bond motifs is 5. The van der Waals surface area contributed by atoms with E-state index in [4.69, 9.17) is 9.57 Å². The smallest absolute Gasteiger partial charge is 0.328 e. The Morgan fingerprint density at radius 1 is 1.17 bits per heavy atom. The molecule has 42 heavy (non-hydrogen) atoms. The second-order valence-electron chi connectivity index (χ2n) is 12.9. The van der Waals surface area contributed by atoms with Gasteiger partial charge in [-0.05, 0) is 97.7 Å². The van der Waals surface area contributed by atoms with Gasteiger partial charge in [0.15, 0.2) is 12.4 Å². The van der Waals surface area contributed by atoms with Crippen LogP contribution in [0, 0.1) is 38.7 Å². The number of aliphatic hydroxyl groups is 1. The Morgan fingerprint density at radius 2 is 1.95 bits per heavy atom. The predicted octanol–water partition coefficient (Wildman–Crippen LogP) is 4.20. The third-order valence-corrected chi connectivity index (χ3v) is 10.8. The van der Waals surface area contributed by atoms with Gasteiger partial charge in [-0.2, -0.15) is 0 Å². The van der Waals surface area contributed by atoms with Crippen molar-refractivity contribution in [3.63, 3.8) is 0 Å². The van der Waals surface area contributed by atoms with Crippen LogP contribution in [0.1, 0.15) is 70.8 Å². The summed E-state index contributed by atoms with van der Waals surface area (Å²) in [5.41, 5.74) is 2.25. The number of nitro groups is 1. The molecule has 5 rings (SSSR count). The fourth-order valence-corrected chi connectivity index (χ4v) is 8.44. The lowest BCUT2D eigenvalue weighted by Gasteiger charge is -2.57. The molecule has 4 aliphatic rings. The van der Waals surface area contributed by atoms with Gasteiger partial charge in [0.25, 0.3) is 5.91 Å². The van der Waals surface area contributed by atoms with Gasteiger partial charge >= 0.3 is 11.7 Å². The molecule has 0 aromatic heterocycles. The van der Waals surface area contributed by atoms with Gasteiger partial charge in [-0.3, -0.25) is 14.9 Å². The molecule has 0 spiro atoms. The summed E-state index contributed by atoms with van der Waals surface area (Å²) < 4.78 is 4.79. The van der Waals surface area contributed by atoms with E-state index in [1.807, 2.05) is 0 Å². The first kappa shape index (κ1) is 30.0. The lowest BCUT2D eigenvalue weighted by Crippen LogP contribution is -2.51. The Hall–Kier alpha value is -3.47. The summed E-state index contributed by atoms with van der Waals surface area (Å²) in [6.45, 7) is 4.29. The van der Waals surface area contributed by atoms with Crippen molar-refractivity contribution in [3.05, 3.63) is 45.5 Å². The normalized spacial score (nSPS) is 33.4. The zero-order chi connectivity index (χ0) is 30.2. The molecule has 0 saturated heterocycles. The number of benzene rings is 1. The van der Waals surface area contributed by atoms with Gasteiger partial charge in [-0.1, -0.05) is 30.6 Å². The first-order chi connectivity index (χ1) is 20.0. The monoisotopic (exact) mass is 583 g/mol. The van der Waals surface area contributed by atoms with Crippen molar-refractivity contribution in [3.8, 4) is 5.75 Å². The minimum absolute atomic E-state index is 0.0589. The van der Waals surface area contributed by atoms with Crippen molar-refractivity contribution in [2.75, 3.05) is 13.7 Å². The highest BCUT2D eigenvalue weighted by Crippen LogP contribution is 2.65. The van der Waals surface area contributed by atoms with Gasteiger partial charge in [0.2, 0.25) is 0 Å². The van der Waals surface area contributed by atoms with Crippen LogP contribution in [0.15, 0.2) is 35.0 Å². The number of carbonyl (C=O) groups excluding carboxylic acids is 2. The highest BCUT2D eigenvalue weighted by atomic mass is 16.6. The van der Waals surface area contributed by atoms with E-state index < -0.39 is 40.9 Å². The maximum Gasteiger partial charge on any atom is 0.328 e. The summed E-state index contributed by atoms with van der Waals surface area (Å²) in [5.74, 6) is 0.0699. The second-order valence-corrected chi connectivity index (χ2v) is 12.9. The molecule has 3 N–H and O–H groups in total. The molecule has 1 aromatic carbocycles. The number of oxime groups is 1. The van der Waals surface area contributed by atoms with Crippen LogP contribution in [0.3, 0.4) is 0 Å². The molecule has 0 bridgehead atoms. The number of phenols is 1. The molecular formula is C31H41N3O8. The molecule has 1 amide bonds. The number of allylic oxidation sites excluding steroid dienone is 2. The van der Waals surface area contributed by atoms with Gasteiger partial charge < -0.3 is 25.1 Å². The Balaban J connectivity index is 1.19. The van der Waals surface area contributed by atoms with Crippen molar-refractivity contribution < 1.29 is 34.3 Å². The summed E-state index contributed by atoms with van der Waals surface area (Å²) in [5, 5.41) is 38.3. The van der Waals surface area contributed by atoms with E-state index >= 15 is 0 Å². The number of aromatic hydroxyl groups is 1. The minimum atomic E-state index is -1.10. The molecule has 0 unspecified atom stereocenters. The van der Waals surface area contributed by atoms with Gasteiger partial charge in [-0.15, -0.1) is 0 Å². The Bertz CT molecular complexity index is 1310. The van der Waals surface area contributed by atoms with Crippen LogP contribution in [0.2, 0.25) is 0 Å². The number of methoxy groups -OCH3 is 1. The van der Waals surface area contributed by atoms with Crippen LogP contribution in [-0.4, -0.2) is 58.6 Å². The summed E-state index contributed by atoms with van der Waals surface area (Å²) in [7, 11) is 1.18. The summed E-state index contributed by atoms with van der Waals surface area (Å²) in [6.07, 6.45) is 10.0. The number of rotatable bonds is 8. The molecule has 3 fully saturated rings. The number of esters is 1. The summed E-state index contributed by atoms with van der Waals surface area (Å²) in [6, 6.07) is 2.66. The number of hydrogen-bond acceptors (Lipinski definition) is 9. The zero-order valence-corrected chi connectivity index (χ0v) is 24.5. The number of phenolic OH excluding ortho intramolecular Hbond substituents is 1. The van der Waals surface area contributed by atoms with Crippen molar-refractivity contribution in [1.82, 2.24) is 5.32 Å². The van der Waals surface area contributed by atoms with E-state index in [0.717, 1.165) is 63.1 Å². The molecule has 11 nitrogen and oxygen atoms in total. The van der Waals surface area contributed by atoms with E-state index in [1.165, 1.54) is 24.8 Å². The van der Waals surface area contributed by atoms with E-state index in [2.05, 4.69) is 30.4 Å². The van der Waals surface area contributed by atoms with Crippen molar-refractivity contribution >= 4 is 23.3 Å². The standard InChI is InChI=1S/C31H41N3O8/c1-30-12-10-20(16-19(30)5-6-21-22-7-9-27(36)31(22,2)13-11-23(21)30)33-42-17-28(37)32-24(29(38)41-3)14-18-4-8-26(35)25(15-18)34(39)40/h4,8,15-16,21-24,27,35-36H,5-7,9-14,17H2,1-3H3,(H,32,37)/b33-20-/t21-,22-,23-,24-,27+,30-,31-/m0/s1. The number of nitrogens with one attached hydrogen (secondary N) is 1. The number of nitrogens with zero attached hydrogens (tertiary/aromatic N) is 2. The lowest BCUT2D eigenvalue weighted by atomic mass is 9.47. The molecule has 4 aliphatic carbocycles.